The molecule has 4 rings (SSSR count). The summed E-state index contributed by atoms with van der Waals surface area (Å²) in [5, 5.41) is 2.92. The lowest BCUT2D eigenvalue weighted by molar-refractivity contribution is -0.123. The molecule has 5 N–H and O–H groups in total. The van der Waals surface area contributed by atoms with Crippen LogP contribution in [0.4, 0.5) is 11.4 Å². The van der Waals surface area contributed by atoms with E-state index in [0.29, 0.717) is 24.6 Å². The first-order chi connectivity index (χ1) is 17.2. The molecule has 3 amide bonds. The van der Waals surface area contributed by atoms with Crippen LogP contribution < -0.4 is 21.7 Å². The molecule has 2 aromatic heterocycles. The normalized spacial score (nSPS) is 16.0. The van der Waals surface area contributed by atoms with Gasteiger partial charge in [0.1, 0.15) is 16.4 Å². The Hall–Kier alpha value is -3.70. The lowest BCUT2D eigenvalue weighted by Gasteiger charge is -2.30. The van der Waals surface area contributed by atoms with Gasteiger partial charge in [-0.1, -0.05) is 6.07 Å². The maximum atomic E-state index is 14.0. The highest BCUT2D eigenvalue weighted by molar-refractivity contribution is 7.09. The van der Waals surface area contributed by atoms with Gasteiger partial charge in [0.05, 0.1) is 11.8 Å². The van der Waals surface area contributed by atoms with Crippen molar-refractivity contribution >= 4 is 40.6 Å². The Morgan fingerprint density at radius 1 is 1.19 bits per heavy atom. The fourth-order valence-electron chi connectivity index (χ4n) is 4.09. The van der Waals surface area contributed by atoms with Gasteiger partial charge in [-0.25, -0.2) is 0 Å². The van der Waals surface area contributed by atoms with Crippen LogP contribution >= 0.6 is 11.5 Å². The van der Waals surface area contributed by atoms with E-state index in [1.807, 2.05) is 26.0 Å². The van der Waals surface area contributed by atoms with Crippen molar-refractivity contribution in [3.05, 3.63) is 63.6 Å². The molecule has 0 unspecified atom stereocenters. The second kappa shape index (κ2) is 10.5. The number of primary amides is 1. The van der Waals surface area contributed by atoms with Crippen molar-refractivity contribution in [2.75, 3.05) is 23.8 Å². The van der Waals surface area contributed by atoms with Gasteiger partial charge in [0.2, 0.25) is 0 Å². The number of benzene rings is 1. The summed E-state index contributed by atoms with van der Waals surface area (Å²) in [7, 11) is 0. The molecular formula is C25H29N5O5S. The summed E-state index contributed by atoms with van der Waals surface area (Å²) in [6.07, 6.45) is 1.69. The zero-order chi connectivity index (χ0) is 26.0. The number of rotatable bonds is 8. The molecule has 1 aromatic carbocycles. The Balaban J connectivity index is 1.81. The fourth-order valence-corrected chi connectivity index (χ4v) is 4.83. The standard InChI is InChI=1S/C25H29N5O5S/c1-13-6-8-16(11-14(13)2)30(25(33)22-19(26)20(23(27)31)29-36-22)21(18-9-7-15(3)35-18)24(32)28-12-17-5-4-10-34-17/h6-9,11,17,21H,4-5,10,12,26H2,1-3H3,(H2,27,31)(H,28,32)/t17-,21+/m0/s1. The van der Waals surface area contributed by atoms with Crippen LogP contribution in [0.1, 0.15) is 61.7 Å². The third-order valence-electron chi connectivity index (χ3n) is 6.21. The van der Waals surface area contributed by atoms with E-state index < -0.39 is 23.8 Å². The predicted octanol–water partition coefficient (Wildman–Crippen LogP) is 3.03. The summed E-state index contributed by atoms with van der Waals surface area (Å²) in [6, 6.07) is 7.67. The van der Waals surface area contributed by atoms with Crippen molar-refractivity contribution in [3.63, 3.8) is 0 Å². The third kappa shape index (κ3) is 5.12. The highest BCUT2D eigenvalue weighted by atomic mass is 32.1. The number of nitrogens with zero attached hydrogens (tertiary/aromatic N) is 2. The maximum absolute atomic E-state index is 14.0. The minimum Gasteiger partial charge on any atom is -0.464 e. The minimum atomic E-state index is -1.16. The van der Waals surface area contributed by atoms with Gasteiger partial charge in [0, 0.05) is 18.8 Å². The van der Waals surface area contributed by atoms with E-state index in [9.17, 15) is 14.4 Å². The molecule has 3 heterocycles. The number of amides is 3. The number of ether oxygens (including phenoxy) is 1. The van der Waals surface area contributed by atoms with Crippen LogP contribution in [-0.2, 0) is 9.53 Å². The first kappa shape index (κ1) is 25.4. The first-order valence-corrected chi connectivity index (χ1v) is 12.4. The number of carbonyl (C=O) groups is 3. The van der Waals surface area contributed by atoms with Gasteiger partial charge in [-0.2, -0.15) is 4.37 Å². The SMILES string of the molecule is Cc1ccc([C@H](C(=O)NC[C@@H]2CCCO2)N(C(=O)c2snc(C(N)=O)c2N)c2ccc(C)c(C)c2)o1. The van der Waals surface area contributed by atoms with E-state index >= 15 is 0 Å². The molecule has 0 saturated carbocycles. The average molecular weight is 512 g/mol. The third-order valence-corrected chi connectivity index (χ3v) is 7.06. The Kier molecular flexibility index (Phi) is 7.41. The molecule has 1 aliphatic rings. The molecule has 1 fully saturated rings. The van der Waals surface area contributed by atoms with Crippen molar-refractivity contribution < 1.29 is 23.5 Å². The summed E-state index contributed by atoms with van der Waals surface area (Å²) in [5.41, 5.74) is 13.6. The van der Waals surface area contributed by atoms with Crippen molar-refractivity contribution in [3.8, 4) is 0 Å². The molecule has 0 aliphatic carbocycles. The van der Waals surface area contributed by atoms with Crippen LogP contribution in [0.2, 0.25) is 0 Å². The lowest BCUT2D eigenvalue weighted by atomic mass is 10.1. The molecule has 2 atom stereocenters. The van der Waals surface area contributed by atoms with E-state index in [1.54, 1.807) is 25.1 Å². The van der Waals surface area contributed by atoms with Crippen LogP contribution in [-0.4, -0.2) is 41.4 Å². The Labute approximate surface area is 212 Å². The van der Waals surface area contributed by atoms with Crippen LogP contribution in [0, 0.1) is 20.8 Å². The van der Waals surface area contributed by atoms with Gasteiger partial charge in [0.25, 0.3) is 17.7 Å². The Morgan fingerprint density at radius 2 is 1.97 bits per heavy atom. The molecule has 11 heteroatoms. The quantitative estimate of drug-likeness (QED) is 0.420. The molecule has 3 aromatic rings. The molecule has 1 saturated heterocycles. The van der Waals surface area contributed by atoms with Crippen molar-refractivity contribution in [2.45, 2.75) is 45.8 Å². The lowest BCUT2D eigenvalue weighted by Crippen LogP contribution is -2.45. The number of nitrogen functional groups attached to an aromatic ring is 1. The smallest absolute Gasteiger partial charge is 0.273 e. The topological polar surface area (TPSA) is 154 Å². The van der Waals surface area contributed by atoms with Crippen LogP contribution in [0.15, 0.2) is 34.7 Å². The highest BCUT2D eigenvalue weighted by Gasteiger charge is 2.38. The average Bonchev–Trinajstić information content (AvgIpc) is 3.59. The van der Waals surface area contributed by atoms with Gasteiger partial charge >= 0.3 is 0 Å². The summed E-state index contributed by atoms with van der Waals surface area (Å²) >= 11 is 0.757. The number of carbonyl (C=O) groups excluding carboxylic acids is 3. The number of hydrogen-bond donors (Lipinski definition) is 3. The molecule has 1 aliphatic heterocycles. The van der Waals surface area contributed by atoms with Crippen LogP contribution in [0.25, 0.3) is 0 Å². The van der Waals surface area contributed by atoms with Gasteiger partial charge < -0.3 is 25.9 Å². The number of nitrogens with one attached hydrogen (secondary N) is 1. The first-order valence-electron chi connectivity index (χ1n) is 11.6. The minimum absolute atomic E-state index is 0.00207. The van der Waals surface area contributed by atoms with Crippen LogP contribution in [0.5, 0.6) is 0 Å². The summed E-state index contributed by atoms with van der Waals surface area (Å²) < 4.78 is 15.5. The molecule has 0 spiro atoms. The number of aryl methyl sites for hydroxylation is 3. The fraction of sp³-hybridized carbons (Fsp3) is 0.360. The van der Waals surface area contributed by atoms with E-state index in [2.05, 4.69) is 9.69 Å². The number of aromatic nitrogens is 1. The van der Waals surface area contributed by atoms with Crippen molar-refractivity contribution in [2.24, 2.45) is 5.73 Å². The summed E-state index contributed by atoms with van der Waals surface area (Å²) in [6.45, 7) is 6.58. The predicted molar refractivity (Wildman–Crippen MR) is 136 cm³/mol. The molecule has 190 valence electrons. The molecule has 0 bridgehead atoms. The van der Waals surface area contributed by atoms with Crippen molar-refractivity contribution in [1.29, 1.82) is 0 Å². The monoisotopic (exact) mass is 511 g/mol. The van der Waals surface area contributed by atoms with Gasteiger partial charge in [0.15, 0.2) is 11.7 Å². The number of anilines is 2. The molecule has 36 heavy (non-hydrogen) atoms. The second-order valence-electron chi connectivity index (χ2n) is 8.81. The largest absolute Gasteiger partial charge is 0.464 e. The molecule has 0 radical (unpaired) electrons. The Morgan fingerprint density at radius 3 is 2.56 bits per heavy atom. The zero-order valence-corrected chi connectivity index (χ0v) is 21.2. The zero-order valence-electron chi connectivity index (χ0n) is 20.4. The highest BCUT2D eigenvalue weighted by Crippen LogP contribution is 2.34. The number of hydrogen-bond acceptors (Lipinski definition) is 8. The van der Waals surface area contributed by atoms with Gasteiger partial charge in [-0.05, 0) is 80.5 Å². The van der Waals surface area contributed by atoms with E-state index in [0.717, 1.165) is 35.5 Å². The van der Waals surface area contributed by atoms with E-state index in [-0.39, 0.29) is 28.1 Å². The maximum Gasteiger partial charge on any atom is 0.273 e. The Bertz CT molecular complexity index is 1290. The van der Waals surface area contributed by atoms with Gasteiger partial charge in [-0.3, -0.25) is 19.3 Å². The van der Waals surface area contributed by atoms with E-state index in [4.69, 9.17) is 20.6 Å². The van der Waals surface area contributed by atoms with Crippen molar-refractivity contribution in [1.82, 2.24) is 9.69 Å². The summed E-state index contributed by atoms with van der Waals surface area (Å²) in [4.78, 5) is 40.7. The second-order valence-corrected chi connectivity index (χ2v) is 9.59. The number of furan rings is 1. The van der Waals surface area contributed by atoms with Gasteiger partial charge in [-0.15, -0.1) is 0 Å². The number of nitrogens with two attached hydrogens (primary N) is 2. The molecule has 10 nitrogen and oxygen atoms in total. The van der Waals surface area contributed by atoms with Crippen LogP contribution in [0.3, 0.4) is 0 Å². The molecular weight excluding hydrogens is 482 g/mol. The van der Waals surface area contributed by atoms with E-state index in [1.165, 1.54) is 4.90 Å². The summed E-state index contributed by atoms with van der Waals surface area (Å²) in [5.74, 6) is -1.02.